The number of carbonyl (C=O) groups excluding carboxylic acids is 1. The highest BCUT2D eigenvalue weighted by Gasteiger charge is 2.11. The van der Waals surface area contributed by atoms with Crippen LogP contribution in [0.3, 0.4) is 0 Å². The Hall–Kier alpha value is -0.770. The normalized spacial score (nSPS) is 11.3. The number of carbonyl (C=O) groups is 1. The molecule has 0 amide bonds. The van der Waals surface area contributed by atoms with Crippen LogP contribution in [0.1, 0.15) is 12.5 Å². The third-order valence-corrected chi connectivity index (χ3v) is 2.31. The largest absolute Gasteiger partial charge is 0.332 e. The fourth-order valence-corrected chi connectivity index (χ4v) is 1.76. The van der Waals surface area contributed by atoms with Crippen LogP contribution in [0.25, 0.3) is 0 Å². The average molecular weight is 267 g/mol. The first-order chi connectivity index (χ1) is 7.02. The zero-order valence-electron chi connectivity index (χ0n) is 7.63. The fourth-order valence-electron chi connectivity index (χ4n) is 0.845. The zero-order chi connectivity index (χ0) is 11.4. The number of hydrogen-bond acceptors (Lipinski definition) is 3. The van der Waals surface area contributed by atoms with Crippen LogP contribution in [0.5, 0.6) is 0 Å². The molecule has 0 saturated heterocycles. The fraction of sp³-hybridized carbons (Fsp3) is 0.111. The van der Waals surface area contributed by atoms with E-state index in [0.717, 1.165) is 0 Å². The first-order valence-electron chi connectivity index (χ1n) is 3.88. The smallest absolute Gasteiger partial charge is 0.317 e. The van der Waals surface area contributed by atoms with E-state index >= 15 is 0 Å². The first-order valence-corrected chi connectivity index (χ1v) is 5.01. The second kappa shape index (κ2) is 5.35. The molecular formula is C9H6Cl3NO2. The lowest BCUT2D eigenvalue weighted by Crippen LogP contribution is -1.98. The van der Waals surface area contributed by atoms with Crippen LogP contribution in [0.2, 0.25) is 10.0 Å². The molecule has 0 aliphatic rings. The second-order valence-electron chi connectivity index (χ2n) is 2.56. The molecule has 0 aliphatic heterocycles. The van der Waals surface area contributed by atoms with Gasteiger partial charge in [-0.3, -0.25) is 0 Å². The molecule has 0 aromatic heterocycles. The molecule has 80 valence electrons. The van der Waals surface area contributed by atoms with E-state index < -0.39 is 5.97 Å². The molecule has 0 N–H and O–H groups in total. The number of benzene rings is 1. The highest BCUT2D eigenvalue weighted by molar-refractivity contribution is 6.71. The maximum Gasteiger partial charge on any atom is 0.332 e. The summed E-state index contributed by atoms with van der Waals surface area (Å²) in [6.45, 7) is 1.21. The van der Waals surface area contributed by atoms with Gasteiger partial charge in [0.2, 0.25) is 0 Å². The van der Waals surface area contributed by atoms with Crippen molar-refractivity contribution in [1.82, 2.24) is 0 Å². The summed E-state index contributed by atoms with van der Waals surface area (Å²) < 4.78 is 0. The predicted octanol–water partition coefficient (Wildman–Crippen LogP) is 3.46. The van der Waals surface area contributed by atoms with Crippen molar-refractivity contribution in [2.24, 2.45) is 5.16 Å². The van der Waals surface area contributed by atoms with Crippen molar-refractivity contribution < 1.29 is 9.63 Å². The quantitative estimate of drug-likeness (QED) is 0.467. The Balaban J connectivity index is 3.05. The van der Waals surface area contributed by atoms with E-state index in [1.807, 2.05) is 0 Å². The van der Waals surface area contributed by atoms with Gasteiger partial charge in [-0.15, -0.1) is 0 Å². The van der Waals surface area contributed by atoms with Gasteiger partial charge in [-0.25, -0.2) is 4.79 Å². The van der Waals surface area contributed by atoms with Gasteiger partial charge in [0, 0.05) is 6.92 Å². The van der Waals surface area contributed by atoms with Crippen molar-refractivity contribution in [3.63, 3.8) is 0 Å². The second-order valence-corrected chi connectivity index (χ2v) is 3.73. The minimum Gasteiger partial charge on any atom is -0.317 e. The van der Waals surface area contributed by atoms with Gasteiger partial charge in [0.05, 0.1) is 15.6 Å². The van der Waals surface area contributed by atoms with Crippen LogP contribution < -0.4 is 0 Å². The minimum atomic E-state index is -0.573. The summed E-state index contributed by atoms with van der Waals surface area (Å²) in [7, 11) is 0. The molecule has 0 aliphatic carbocycles. The van der Waals surface area contributed by atoms with Gasteiger partial charge in [-0.1, -0.05) is 46.0 Å². The Bertz CT molecular complexity index is 398. The highest BCUT2D eigenvalue weighted by atomic mass is 35.5. The Morgan fingerprint density at radius 2 is 1.87 bits per heavy atom. The van der Waals surface area contributed by atoms with Crippen LogP contribution in [0.4, 0.5) is 0 Å². The molecule has 3 nitrogen and oxygen atoms in total. The van der Waals surface area contributed by atoms with Gasteiger partial charge < -0.3 is 4.84 Å². The molecule has 1 aromatic rings. The van der Waals surface area contributed by atoms with E-state index in [4.69, 9.17) is 34.8 Å². The van der Waals surface area contributed by atoms with Crippen LogP contribution in [0.15, 0.2) is 23.4 Å². The third-order valence-electron chi connectivity index (χ3n) is 1.42. The summed E-state index contributed by atoms with van der Waals surface area (Å²) in [5, 5.41) is 3.98. The lowest BCUT2D eigenvalue weighted by molar-refractivity contribution is -0.140. The summed E-state index contributed by atoms with van der Waals surface area (Å²) in [6, 6.07) is 4.88. The molecule has 15 heavy (non-hydrogen) atoms. The van der Waals surface area contributed by atoms with Crippen LogP contribution in [-0.4, -0.2) is 11.1 Å². The zero-order valence-corrected chi connectivity index (χ0v) is 9.90. The van der Waals surface area contributed by atoms with Gasteiger partial charge in [-0.05, 0) is 12.1 Å². The molecule has 0 fully saturated rings. The van der Waals surface area contributed by atoms with Gasteiger partial charge in [0.15, 0.2) is 5.17 Å². The molecule has 0 heterocycles. The lowest BCUT2D eigenvalue weighted by Gasteiger charge is -2.03. The maximum atomic E-state index is 10.5. The number of rotatable bonds is 2. The predicted molar refractivity (Wildman–Crippen MR) is 60.6 cm³/mol. The van der Waals surface area contributed by atoms with Gasteiger partial charge in [0.25, 0.3) is 0 Å². The molecule has 0 unspecified atom stereocenters. The van der Waals surface area contributed by atoms with E-state index in [2.05, 4.69) is 9.99 Å². The summed E-state index contributed by atoms with van der Waals surface area (Å²) in [5.74, 6) is -0.573. The lowest BCUT2D eigenvalue weighted by atomic mass is 10.2. The Morgan fingerprint density at radius 1 is 1.33 bits per heavy atom. The molecule has 0 bridgehead atoms. The molecule has 0 atom stereocenters. The van der Waals surface area contributed by atoms with Gasteiger partial charge >= 0.3 is 5.97 Å². The van der Waals surface area contributed by atoms with Crippen molar-refractivity contribution >= 4 is 45.9 Å². The molecule has 0 radical (unpaired) electrons. The Kier molecular flexibility index (Phi) is 4.39. The Morgan fingerprint density at radius 3 is 2.33 bits per heavy atom. The summed E-state index contributed by atoms with van der Waals surface area (Å²) >= 11 is 17.5. The standard InChI is InChI=1S/C9H6Cl3NO2/c1-5(14)15-13-9(12)8-6(10)3-2-4-7(8)11/h2-4H,1H3/b13-9+. The average Bonchev–Trinajstić information content (AvgIpc) is 2.14. The highest BCUT2D eigenvalue weighted by Crippen LogP contribution is 2.26. The number of oxime groups is 1. The molecule has 0 saturated carbocycles. The molecule has 6 heteroatoms. The van der Waals surface area contributed by atoms with E-state index in [-0.39, 0.29) is 5.17 Å². The van der Waals surface area contributed by atoms with Crippen molar-refractivity contribution in [2.45, 2.75) is 6.92 Å². The first kappa shape index (κ1) is 12.3. The molecule has 0 spiro atoms. The van der Waals surface area contributed by atoms with Crippen molar-refractivity contribution in [1.29, 1.82) is 0 Å². The summed E-state index contributed by atoms with van der Waals surface area (Å²) in [5.41, 5.74) is 0.337. The SMILES string of the molecule is CC(=O)O/N=C(/Cl)c1c(Cl)cccc1Cl. The minimum absolute atomic E-state index is 0.0687. The topological polar surface area (TPSA) is 38.7 Å². The monoisotopic (exact) mass is 265 g/mol. The van der Waals surface area contributed by atoms with Crippen molar-refractivity contribution in [2.75, 3.05) is 0 Å². The van der Waals surface area contributed by atoms with Crippen LogP contribution in [0, 0.1) is 0 Å². The van der Waals surface area contributed by atoms with E-state index in [9.17, 15) is 4.79 Å². The number of nitrogens with zero attached hydrogens (tertiary/aromatic N) is 1. The maximum absolute atomic E-state index is 10.5. The van der Waals surface area contributed by atoms with Crippen molar-refractivity contribution in [3.8, 4) is 0 Å². The van der Waals surface area contributed by atoms with E-state index in [1.54, 1.807) is 18.2 Å². The summed E-state index contributed by atoms with van der Waals surface area (Å²) in [6.07, 6.45) is 0. The number of hydrogen-bond donors (Lipinski definition) is 0. The molecule has 1 rings (SSSR count). The van der Waals surface area contributed by atoms with E-state index in [1.165, 1.54) is 6.92 Å². The molecule has 1 aromatic carbocycles. The summed E-state index contributed by atoms with van der Waals surface area (Å²) in [4.78, 5) is 14.9. The van der Waals surface area contributed by atoms with E-state index in [0.29, 0.717) is 15.6 Å². The third kappa shape index (κ3) is 3.38. The van der Waals surface area contributed by atoms with Crippen LogP contribution >= 0.6 is 34.8 Å². The molecular weight excluding hydrogens is 260 g/mol. The van der Waals surface area contributed by atoms with Gasteiger partial charge in [0.1, 0.15) is 0 Å². The Labute approximate surface area is 102 Å². The van der Waals surface area contributed by atoms with Gasteiger partial charge in [-0.2, -0.15) is 0 Å². The van der Waals surface area contributed by atoms with Crippen LogP contribution in [-0.2, 0) is 9.63 Å². The van der Waals surface area contributed by atoms with Crippen molar-refractivity contribution in [3.05, 3.63) is 33.8 Å². The number of halogens is 3.